The van der Waals surface area contributed by atoms with E-state index in [1.165, 1.54) is 31.3 Å². The van der Waals surface area contributed by atoms with Crippen molar-refractivity contribution in [3.8, 4) is 0 Å². The van der Waals surface area contributed by atoms with Crippen LogP contribution in [0.5, 0.6) is 0 Å². The molecule has 0 heterocycles. The second-order valence-corrected chi connectivity index (χ2v) is 11.1. The first-order chi connectivity index (χ1) is 15.1. The molecule has 3 saturated carbocycles. The minimum absolute atomic E-state index is 0.291. The number of aliphatic hydroxyl groups excluding tert-OH is 2. The van der Waals surface area contributed by atoms with E-state index >= 15 is 0 Å². The number of hydrogen-bond acceptors (Lipinski definition) is 4. The highest BCUT2D eigenvalue weighted by atomic mass is 16.5. The zero-order valence-corrected chi connectivity index (χ0v) is 20.8. The van der Waals surface area contributed by atoms with Crippen molar-refractivity contribution < 1.29 is 20.1 Å². The molecule has 0 amide bonds. The monoisotopic (exact) mass is 446 g/mol. The Morgan fingerprint density at radius 3 is 2.62 bits per heavy atom. The van der Waals surface area contributed by atoms with Crippen LogP contribution in [0.15, 0.2) is 35.5 Å². The van der Waals surface area contributed by atoms with E-state index in [1.807, 2.05) is 13.8 Å². The van der Waals surface area contributed by atoms with Crippen molar-refractivity contribution in [1.82, 2.24) is 0 Å². The third-order valence-corrected chi connectivity index (χ3v) is 9.06. The van der Waals surface area contributed by atoms with Crippen molar-refractivity contribution in [2.24, 2.45) is 23.2 Å². The predicted molar refractivity (Wildman–Crippen MR) is 130 cm³/mol. The minimum atomic E-state index is -0.694. The summed E-state index contributed by atoms with van der Waals surface area (Å²) in [5.74, 6) is 1.70. The Hall–Kier alpha value is -0.940. The third kappa shape index (κ3) is 5.41. The van der Waals surface area contributed by atoms with E-state index in [0.29, 0.717) is 49.2 Å². The molecule has 3 N–H and O–H groups in total. The fourth-order valence-electron chi connectivity index (χ4n) is 6.68. The average Bonchev–Trinajstić information content (AvgIpc) is 3.12. The Morgan fingerprint density at radius 2 is 1.94 bits per heavy atom. The molecule has 0 unspecified atom stereocenters. The van der Waals surface area contributed by atoms with Crippen molar-refractivity contribution in [2.45, 2.75) is 103 Å². The summed E-state index contributed by atoms with van der Waals surface area (Å²) in [7, 11) is 0. The first kappa shape index (κ1) is 25.7. The largest absolute Gasteiger partial charge is 0.393 e. The predicted octanol–water partition coefficient (Wildman–Crippen LogP) is 5.33. The van der Waals surface area contributed by atoms with Crippen LogP contribution in [0.3, 0.4) is 0 Å². The minimum Gasteiger partial charge on any atom is -0.393 e. The van der Waals surface area contributed by atoms with Crippen LogP contribution in [0.2, 0.25) is 0 Å². The van der Waals surface area contributed by atoms with Gasteiger partial charge in [-0.25, -0.2) is 0 Å². The molecule has 3 aliphatic rings. The van der Waals surface area contributed by atoms with E-state index in [4.69, 9.17) is 4.74 Å². The summed E-state index contributed by atoms with van der Waals surface area (Å²) in [6.45, 7) is 14.0. The normalized spacial score (nSPS) is 37.2. The van der Waals surface area contributed by atoms with Gasteiger partial charge in [0.1, 0.15) is 0 Å². The van der Waals surface area contributed by atoms with Gasteiger partial charge in [-0.05, 0) is 85.7 Å². The summed E-state index contributed by atoms with van der Waals surface area (Å²) in [6, 6.07) is 0. The number of hydrogen-bond donors (Lipinski definition) is 3. The van der Waals surface area contributed by atoms with Gasteiger partial charge in [-0.15, -0.1) is 0 Å². The van der Waals surface area contributed by atoms with Crippen molar-refractivity contribution >= 4 is 0 Å². The molecule has 4 nitrogen and oxygen atoms in total. The van der Waals surface area contributed by atoms with Gasteiger partial charge in [0.15, 0.2) is 0 Å². The van der Waals surface area contributed by atoms with Gasteiger partial charge in [-0.3, -0.25) is 0 Å². The highest BCUT2D eigenvalue weighted by molar-refractivity contribution is 5.38. The smallest absolute Gasteiger partial charge is 0.0874 e. The molecule has 0 aromatic carbocycles. The molecule has 0 aromatic rings. The van der Waals surface area contributed by atoms with E-state index < -0.39 is 17.8 Å². The van der Waals surface area contributed by atoms with Crippen molar-refractivity contribution in [3.05, 3.63) is 35.5 Å². The molecule has 182 valence electrons. The number of ether oxygens (including phenoxy) is 1. The molecule has 0 aromatic heterocycles. The van der Waals surface area contributed by atoms with Crippen LogP contribution in [0.25, 0.3) is 0 Å². The SMILES string of the molecule is C=C1/C(=C/C=C2\CCC[C@]3(C)[C@@H]([C@H](C)COCC(O)(CC)CC)CC[C@@H]23)C[C@@H](O)C[C@@H]1O. The molecule has 0 radical (unpaired) electrons. The van der Waals surface area contributed by atoms with Gasteiger partial charge in [-0.2, -0.15) is 0 Å². The van der Waals surface area contributed by atoms with E-state index in [0.717, 1.165) is 30.4 Å². The molecular weight excluding hydrogens is 400 g/mol. The maximum atomic E-state index is 10.5. The Balaban J connectivity index is 1.67. The Kier molecular flexibility index (Phi) is 8.46. The lowest BCUT2D eigenvalue weighted by atomic mass is 9.61. The number of fused-ring (bicyclic) bond motifs is 1. The van der Waals surface area contributed by atoms with Crippen LogP contribution < -0.4 is 0 Å². The fourth-order valence-corrected chi connectivity index (χ4v) is 6.68. The zero-order valence-electron chi connectivity index (χ0n) is 20.8. The van der Waals surface area contributed by atoms with Crippen LogP contribution in [-0.4, -0.2) is 46.3 Å². The van der Waals surface area contributed by atoms with Gasteiger partial charge in [0.05, 0.1) is 24.4 Å². The molecule has 0 saturated heterocycles. The molecule has 3 rings (SSSR count). The summed E-state index contributed by atoms with van der Waals surface area (Å²) < 4.78 is 6.03. The highest BCUT2D eigenvalue weighted by Crippen LogP contribution is 2.59. The maximum Gasteiger partial charge on any atom is 0.0874 e. The Labute approximate surface area is 195 Å². The van der Waals surface area contributed by atoms with Crippen LogP contribution in [0.1, 0.15) is 85.5 Å². The van der Waals surface area contributed by atoms with Gasteiger partial charge >= 0.3 is 0 Å². The van der Waals surface area contributed by atoms with Crippen molar-refractivity contribution in [2.75, 3.05) is 13.2 Å². The quantitative estimate of drug-likeness (QED) is 0.471. The third-order valence-electron chi connectivity index (χ3n) is 9.06. The number of allylic oxidation sites excluding steroid dienone is 3. The van der Waals surface area contributed by atoms with Gasteiger partial charge in [0.25, 0.3) is 0 Å². The molecule has 6 atom stereocenters. The van der Waals surface area contributed by atoms with Crippen LogP contribution in [-0.2, 0) is 4.74 Å². The summed E-state index contributed by atoms with van der Waals surface area (Å²) in [5.41, 5.74) is 2.88. The Morgan fingerprint density at radius 1 is 1.22 bits per heavy atom. The van der Waals surface area contributed by atoms with Gasteiger partial charge in [0, 0.05) is 13.0 Å². The number of aliphatic hydroxyl groups is 3. The molecule has 4 heteroatoms. The van der Waals surface area contributed by atoms with Crippen LogP contribution in [0.4, 0.5) is 0 Å². The molecule has 32 heavy (non-hydrogen) atoms. The van der Waals surface area contributed by atoms with Crippen molar-refractivity contribution in [1.29, 1.82) is 0 Å². The lowest BCUT2D eigenvalue weighted by Gasteiger charge is -2.44. The van der Waals surface area contributed by atoms with Crippen LogP contribution >= 0.6 is 0 Å². The first-order valence-corrected chi connectivity index (χ1v) is 12.9. The molecule has 0 bridgehead atoms. The number of rotatable bonds is 8. The van der Waals surface area contributed by atoms with E-state index in [-0.39, 0.29) is 0 Å². The molecule has 0 aliphatic heterocycles. The summed E-state index contributed by atoms with van der Waals surface area (Å²) in [5, 5.41) is 30.7. The summed E-state index contributed by atoms with van der Waals surface area (Å²) in [4.78, 5) is 0. The molecular formula is C28H46O4. The average molecular weight is 447 g/mol. The van der Waals surface area contributed by atoms with Crippen LogP contribution in [0, 0.1) is 23.2 Å². The topological polar surface area (TPSA) is 69.9 Å². The van der Waals surface area contributed by atoms with E-state index in [9.17, 15) is 15.3 Å². The zero-order chi connectivity index (χ0) is 23.5. The second kappa shape index (κ2) is 10.5. The molecule has 3 aliphatic carbocycles. The van der Waals surface area contributed by atoms with Crippen molar-refractivity contribution in [3.63, 3.8) is 0 Å². The molecule has 3 fully saturated rings. The second-order valence-electron chi connectivity index (χ2n) is 11.1. The van der Waals surface area contributed by atoms with Gasteiger partial charge in [-0.1, -0.05) is 52.0 Å². The maximum absolute atomic E-state index is 10.5. The fraction of sp³-hybridized carbons (Fsp3) is 0.786. The standard InChI is InChI=1S/C28H46O4/c1-6-28(31,7-2)18-32-17-19(3)24-12-13-25-21(9-8-14-27(24,25)5)10-11-22-15-23(29)16-26(30)20(22)4/h10-11,19,23-26,29-31H,4,6-9,12-18H2,1-3,5H3/b21-10+,22-11+/t19-,23-,24-,25+,26+,27-/m1/s1. The van der Waals surface area contributed by atoms with Gasteiger partial charge in [0.2, 0.25) is 0 Å². The highest BCUT2D eigenvalue weighted by Gasteiger charge is 2.50. The van der Waals surface area contributed by atoms with E-state index in [1.54, 1.807) is 0 Å². The summed E-state index contributed by atoms with van der Waals surface area (Å²) in [6.07, 6.45) is 11.8. The first-order valence-electron chi connectivity index (χ1n) is 12.9. The van der Waals surface area contributed by atoms with E-state index in [2.05, 4.69) is 32.6 Å². The lowest BCUT2D eigenvalue weighted by molar-refractivity contribution is -0.0663. The molecule has 0 spiro atoms. The Bertz CT molecular complexity index is 719. The van der Waals surface area contributed by atoms with Gasteiger partial charge < -0.3 is 20.1 Å². The lowest BCUT2D eigenvalue weighted by Crippen LogP contribution is -2.38. The summed E-state index contributed by atoms with van der Waals surface area (Å²) >= 11 is 0.